The minimum Gasteiger partial charge on any atom is -0.497 e. The first kappa shape index (κ1) is 20.2. The van der Waals surface area contributed by atoms with Gasteiger partial charge in [-0.1, -0.05) is 35.3 Å². The summed E-state index contributed by atoms with van der Waals surface area (Å²) in [5.41, 5.74) is 1.17. The van der Waals surface area contributed by atoms with E-state index < -0.39 is 16.7 Å². The molecule has 138 valence electrons. The quantitative estimate of drug-likeness (QED) is 0.699. The first-order valence-corrected chi connectivity index (χ1v) is 9.40. The van der Waals surface area contributed by atoms with Gasteiger partial charge in [-0.15, -0.1) is 0 Å². The Balaban J connectivity index is 2.05. The zero-order chi connectivity index (χ0) is 19.1. The molecule has 0 spiro atoms. The van der Waals surface area contributed by atoms with Gasteiger partial charge in [0.2, 0.25) is 5.88 Å². The van der Waals surface area contributed by atoms with E-state index in [1.165, 1.54) is 13.3 Å². The number of ether oxygens (including phenoxy) is 2. The maximum atomic E-state index is 12.3. The van der Waals surface area contributed by atoms with Crippen molar-refractivity contribution in [2.75, 3.05) is 19.5 Å². The highest BCUT2D eigenvalue weighted by atomic mass is 35.5. The molecule has 0 aliphatic carbocycles. The molecule has 0 aliphatic heterocycles. The topological polar surface area (TPSA) is 77.5 Å². The number of benzene rings is 1. The van der Waals surface area contributed by atoms with Crippen LogP contribution < -0.4 is 14.8 Å². The molecular weight excluding hydrogens is 399 g/mol. The fourth-order valence-electron chi connectivity index (χ4n) is 1.89. The fourth-order valence-corrected chi connectivity index (χ4v) is 3.36. The summed E-state index contributed by atoms with van der Waals surface area (Å²) in [4.78, 5) is 16.1. The highest BCUT2D eigenvalue weighted by Gasteiger charge is 2.18. The van der Waals surface area contributed by atoms with Crippen molar-refractivity contribution in [3.8, 4) is 11.6 Å². The summed E-state index contributed by atoms with van der Waals surface area (Å²) in [7, 11) is 1.38. The fraction of sp³-hybridized carbons (Fsp3) is 0.176. The van der Waals surface area contributed by atoms with Crippen LogP contribution in [0.1, 0.15) is 5.56 Å². The van der Waals surface area contributed by atoms with E-state index >= 15 is 0 Å². The minimum absolute atomic E-state index is 0.121. The molecule has 9 heteroatoms. The molecule has 0 radical (unpaired) electrons. The molecule has 0 saturated heterocycles. The van der Waals surface area contributed by atoms with E-state index in [2.05, 4.69) is 10.3 Å². The Morgan fingerprint density at radius 1 is 1.12 bits per heavy atom. The molecule has 2 rings (SSSR count). The van der Waals surface area contributed by atoms with Crippen molar-refractivity contribution < 1.29 is 18.5 Å². The highest BCUT2D eigenvalue weighted by molar-refractivity contribution is 7.90. The van der Waals surface area contributed by atoms with Crippen molar-refractivity contribution in [1.82, 2.24) is 4.98 Å². The number of hydrogen-bond acceptors (Lipinski definition) is 5. The lowest BCUT2D eigenvalue weighted by Crippen LogP contribution is -2.14. The number of anilines is 1. The van der Waals surface area contributed by atoms with Crippen molar-refractivity contribution in [3.63, 3.8) is 0 Å². The third-order valence-corrected chi connectivity index (χ3v) is 5.71. The Morgan fingerprint density at radius 3 is 2.35 bits per heavy atom. The lowest BCUT2D eigenvalue weighted by atomic mass is 10.2. The molecule has 6 nitrogen and oxygen atoms in total. The molecule has 0 saturated carbocycles. The Kier molecular flexibility index (Phi) is 7.44. The van der Waals surface area contributed by atoms with Crippen LogP contribution in [0.4, 0.5) is 5.69 Å². The molecule has 1 amide bonds. The molecule has 1 heterocycles. The van der Waals surface area contributed by atoms with Gasteiger partial charge < -0.3 is 14.8 Å². The third kappa shape index (κ3) is 5.45. The summed E-state index contributed by atoms with van der Waals surface area (Å²) in [6.45, 7) is 0. The summed E-state index contributed by atoms with van der Waals surface area (Å²) in [6, 6.07) is 10.2. The van der Waals surface area contributed by atoms with Gasteiger partial charge in [0.05, 0.1) is 42.7 Å². The Hall–Kier alpha value is -2.09. The Labute approximate surface area is 163 Å². The Morgan fingerprint density at radius 2 is 1.81 bits per heavy atom. The van der Waals surface area contributed by atoms with Gasteiger partial charge in [0, 0.05) is 6.07 Å². The van der Waals surface area contributed by atoms with E-state index in [0.29, 0.717) is 17.3 Å². The largest absolute Gasteiger partial charge is 0.497 e. The number of methoxy groups -OCH3 is 2. The van der Waals surface area contributed by atoms with Crippen molar-refractivity contribution in [2.45, 2.75) is 5.75 Å². The van der Waals surface area contributed by atoms with E-state index in [9.17, 15) is 9.00 Å². The monoisotopic (exact) mass is 414 g/mol. The van der Waals surface area contributed by atoms with Crippen molar-refractivity contribution in [1.29, 1.82) is 0 Å². The van der Waals surface area contributed by atoms with Gasteiger partial charge in [0.25, 0.3) is 5.91 Å². The summed E-state index contributed by atoms with van der Waals surface area (Å²) in [5.74, 6) is 0.540. The van der Waals surface area contributed by atoms with Gasteiger partial charge in [0.1, 0.15) is 15.1 Å². The van der Waals surface area contributed by atoms with Crippen LogP contribution in [0.3, 0.4) is 0 Å². The van der Waals surface area contributed by atoms with Crippen LogP contribution in [0, 0.1) is 0 Å². The lowest BCUT2D eigenvalue weighted by Gasteiger charge is -2.07. The number of pyridine rings is 1. The lowest BCUT2D eigenvalue weighted by molar-refractivity contribution is -0.112. The number of carbonyl (C=O) groups excluding carboxylic acids is 1. The van der Waals surface area contributed by atoms with Crippen LogP contribution in [-0.2, 0) is 21.3 Å². The smallest absolute Gasteiger partial charge is 0.269 e. The summed E-state index contributed by atoms with van der Waals surface area (Å²) >= 11 is 12.0. The summed E-state index contributed by atoms with van der Waals surface area (Å²) < 4.78 is 22.1. The van der Waals surface area contributed by atoms with E-state index in [-0.39, 0.29) is 15.1 Å². The van der Waals surface area contributed by atoms with Crippen LogP contribution >= 0.6 is 23.2 Å². The van der Waals surface area contributed by atoms with Crippen molar-refractivity contribution >= 4 is 45.6 Å². The van der Waals surface area contributed by atoms with E-state index in [0.717, 1.165) is 5.56 Å². The van der Waals surface area contributed by atoms with Crippen molar-refractivity contribution in [3.05, 3.63) is 57.6 Å². The number of nitrogens with one attached hydrogen (secondary N) is 1. The third-order valence-electron chi connectivity index (χ3n) is 3.23. The second kappa shape index (κ2) is 9.56. The maximum absolute atomic E-state index is 12.3. The second-order valence-corrected chi connectivity index (χ2v) is 7.34. The summed E-state index contributed by atoms with van der Waals surface area (Å²) in [5, 5.41) is 2.19. The van der Waals surface area contributed by atoms with Crippen LogP contribution in [0.25, 0.3) is 0 Å². The van der Waals surface area contributed by atoms with Gasteiger partial charge in [-0.05, 0) is 23.8 Å². The standard InChI is InChI=1S/C17H16Cl2N2O4S/c1-24-13-6-3-11(4-7-13)10-26(23)16(19)15(18)17(22)21-12-5-8-14(25-2)20-9-12/h3-9H,10H2,1-2H3,(H,21,22)/b16-15+. The average molecular weight is 415 g/mol. The predicted molar refractivity (Wildman–Crippen MR) is 103 cm³/mol. The van der Waals surface area contributed by atoms with Crippen molar-refractivity contribution in [2.24, 2.45) is 0 Å². The number of hydrogen-bond donors (Lipinski definition) is 1. The van der Waals surface area contributed by atoms with E-state index in [1.807, 2.05) is 0 Å². The van der Waals surface area contributed by atoms with Gasteiger partial charge in [-0.2, -0.15) is 0 Å². The van der Waals surface area contributed by atoms with E-state index in [4.69, 9.17) is 32.7 Å². The van der Waals surface area contributed by atoms with Crippen LogP contribution in [0.2, 0.25) is 0 Å². The van der Waals surface area contributed by atoms with Gasteiger partial charge >= 0.3 is 0 Å². The minimum atomic E-state index is -1.66. The highest BCUT2D eigenvalue weighted by Crippen LogP contribution is 2.23. The number of amides is 1. The molecule has 1 unspecified atom stereocenters. The first-order valence-electron chi connectivity index (χ1n) is 7.32. The number of nitrogens with zero attached hydrogens (tertiary/aromatic N) is 1. The van der Waals surface area contributed by atoms with Crippen LogP contribution in [-0.4, -0.2) is 29.3 Å². The molecule has 0 aliphatic rings. The SMILES string of the molecule is COc1ccc(CS(=O)/C(Cl)=C(/Cl)C(=O)Nc2ccc(OC)nc2)cc1. The molecule has 1 N–H and O–H groups in total. The molecular formula is C17H16Cl2N2O4S. The summed E-state index contributed by atoms with van der Waals surface area (Å²) in [6.07, 6.45) is 1.41. The second-order valence-electron chi connectivity index (χ2n) is 4.97. The van der Waals surface area contributed by atoms with Crippen LogP contribution in [0.15, 0.2) is 52.0 Å². The molecule has 26 heavy (non-hydrogen) atoms. The number of aromatic nitrogens is 1. The number of rotatable bonds is 7. The molecule has 1 atom stereocenters. The van der Waals surface area contributed by atoms with E-state index in [1.54, 1.807) is 43.5 Å². The number of halogens is 2. The zero-order valence-corrected chi connectivity index (χ0v) is 16.3. The number of carbonyl (C=O) groups is 1. The molecule has 1 aromatic heterocycles. The van der Waals surface area contributed by atoms with Gasteiger partial charge in [-0.25, -0.2) is 4.98 Å². The predicted octanol–water partition coefficient (Wildman–Crippen LogP) is 3.63. The zero-order valence-electron chi connectivity index (χ0n) is 14.0. The molecule has 0 fully saturated rings. The molecule has 1 aromatic carbocycles. The molecule has 2 aromatic rings. The van der Waals surface area contributed by atoms with Gasteiger partial charge in [0.15, 0.2) is 0 Å². The Bertz CT molecular complexity index is 754. The van der Waals surface area contributed by atoms with Gasteiger partial charge in [-0.3, -0.25) is 9.00 Å². The normalized spacial score (nSPS) is 12.8. The average Bonchev–Trinajstić information content (AvgIpc) is 2.67. The maximum Gasteiger partial charge on any atom is 0.269 e. The molecule has 0 bridgehead atoms. The first-order chi connectivity index (χ1) is 12.4. The van der Waals surface area contributed by atoms with Crippen LogP contribution in [0.5, 0.6) is 11.6 Å².